The van der Waals surface area contributed by atoms with Crippen molar-refractivity contribution in [2.75, 3.05) is 47.0 Å². The average Bonchev–Trinajstić information content (AvgIpc) is 2.97. The maximum Gasteiger partial charge on any atom is 0.243 e. The fourth-order valence-electron chi connectivity index (χ4n) is 4.59. The summed E-state index contributed by atoms with van der Waals surface area (Å²) in [6.45, 7) is 10.1. The predicted molar refractivity (Wildman–Crippen MR) is 171 cm³/mol. The summed E-state index contributed by atoms with van der Waals surface area (Å²) in [6, 6.07) is 13.6. The predicted octanol–water partition coefficient (Wildman–Crippen LogP) is 2.20. The number of methoxy groups -OCH3 is 2. The second-order valence-electron chi connectivity index (χ2n) is 12.3. The van der Waals surface area contributed by atoms with Gasteiger partial charge in [-0.1, -0.05) is 65.0 Å². The third kappa shape index (κ3) is 11.8. The number of hydrogen-bond acceptors (Lipinski definition) is 8. The van der Waals surface area contributed by atoms with Crippen molar-refractivity contribution in [3.8, 4) is 5.75 Å². The van der Waals surface area contributed by atoms with Crippen LogP contribution in [-0.4, -0.2) is 94.8 Å². The highest BCUT2D eigenvalue weighted by atomic mass is 32.2. The lowest BCUT2D eigenvalue weighted by atomic mass is 9.85. The van der Waals surface area contributed by atoms with E-state index in [0.717, 1.165) is 5.56 Å². The van der Waals surface area contributed by atoms with Gasteiger partial charge in [0, 0.05) is 26.7 Å². The molecular weight excluding hydrogens is 584 g/mol. The van der Waals surface area contributed by atoms with E-state index in [1.165, 1.54) is 23.5 Å². The molecule has 2 amide bonds. The number of rotatable bonds is 18. The fraction of sp³-hybridized carbons (Fsp3) is 0.562. The van der Waals surface area contributed by atoms with Crippen LogP contribution in [0.25, 0.3) is 0 Å². The number of carbonyl (C=O) groups excluding carboxylic acids is 2. The van der Waals surface area contributed by atoms with Crippen LogP contribution in [0, 0.1) is 11.3 Å². The first-order valence-corrected chi connectivity index (χ1v) is 16.3. The van der Waals surface area contributed by atoms with Gasteiger partial charge in [-0.15, -0.1) is 0 Å². The highest BCUT2D eigenvalue weighted by Gasteiger charge is 2.36. The number of benzene rings is 2. The molecule has 0 aliphatic heterocycles. The molecule has 0 saturated heterocycles. The van der Waals surface area contributed by atoms with Crippen LogP contribution in [0.2, 0.25) is 0 Å². The van der Waals surface area contributed by atoms with Crippen LogP contribution in [0.15, 0.2) is 59.5 Å². The van der Waals surface area contributed by atoms with Gasteiger partial charge in [-0.05, 0) is 47.6 Å². The van der Waals surface area contributed by atoms with Crippen molar-refractivity contribution in [3.63, 3.8) is 0 Å². The zero-order valence-corrected chi connectivity index (χ0v) is 27.8. The van der Waals surface area contributed by atoms with Crippen LogP contribution in [0.3, 0.4) is 0 Å². The molecular formula is C32H50N4O7S. The first-order valence-electron chi connectivity index (χ1n) is 14.8. The Bertz CT molecular complexity index is 1270. The van der Waals surface area contributed by atoms with E-state index in [-0.39, 0.29) is 42.8 Å². The molecule has 4 N–H and O–H groups in total. The van der Waals surface area contributed by atoms with Gasteiger partial charge < -0.3 is 30.5 Å². The molecule has 0 radical (unpaired) electrons. The molecule has 2 aromatic rings. The number of aliphatic hydroxyl groups is 1. The first-order chi connectivity index (χ1) is 20.7. The zero-order valence-electron chi connectivity index (χ0n) is 27.0. The molecule has 3 atom stereocenters. The number of nitrogens with zero attached hydrogens (tertiary/aromatic N) is 1. The number of sulfonamides is 1. The molecule has 11 nitrogen and oxygen atoms in total. The summed E-state index contributed by atoms with van der Waals surface area (Å²) < 4.78 is 38.8. The van der Waals surface area contributed by atoms with Crippen molar-refractivity contribution in [3.05, 3.63) is 60.2 Å². The van der Waals surface area contributed by atoms with Gasteiger partial charge >= 0.3 is 0 Å². The number of amides is 2. The van der Waals surface area contributed by atoms with Crippen LogP contribution in [0.1, 0.15) is 40.2 Å². The van der Waals surface area contributed by atoms with E-state index in [0.29, 0.717) is 18.9 Å². The molecule has 0 bridgehead atoms. The summed E-state index contributed by atoms with van der Waals surface area (Å²) in [4.78, 5) is 26.5. The maximum absolute atomic E-state index is 13.7. The summed E-state index contributed by atoms with van der Waals surface area (Å²) in [5, 5.41) is 20.3. The summed E-state index contributed by atoms with van der Waals surface area (Å²) in [7, 11) is -0.918. The van der Waals surface area contributed by atoms with Gasteiger partial charge in [0.05, 0.1) is 37.3 Å². The second-order valence-corrected chi connectivity index (χ2v) is 14.2. The van der Waals surface area contributed by atoms with E-state index in [1.807, 2.05) is 65.0 Å². The SMILES string of the molecule is COCCNCC(=O)N[C@H](C(=O)N[C@@H](Cc1ccccc1)[C@H](O)CN(CC(C)C)S(=O)(=O)c1ccc(OC)cc1)C(C)(C)C. The van der Waals surface area contributed by atoms with Gasteiger partial charge in [0.25, 0.3) is 0 Å². The lowest BCUT2D eigenvalue weighted by Crippen LogP contribution is -2.59. The molecule has 0 fully saturated rings. The van der Waals surface area contributed by atoms with Crippen molar-refractivity contribution in [1.82, 2.24) is 20.3 Å². The van der Waals surface area contributed by atoms with Crippen molar-refractivity contribution in [2.45, 2.75) is 64.1 Å². The van der Waals surface area contributed by atoms with Crippen molar-refractivity contribution < 1.29 is 32.6 Å². The maximum atomic E-state index is 13.7. The van der Waals surface area contributed by atoms with Crippen LogP contribution in [0.4, 0.5) is 0 Å². The first kappa shape index (κ1) is 37.2. The molecule has 2 rings (SSSR count). The summed E-state index contributed by atoms with van der Waals surface area (Å²) >= 11 is 0. The minimum Gasteiger partial charge on any atom is -0.497 e. The molecule has 246 valence electrons. The van der Waals surface area contributed by atoms with Crippen LogP contribution in [0.5, 0.6) is 5.75 Å². The Morgan fingerprint density at radius 3 is 2.14 bits per heavy atom. The van der Waals surface area contributed by atoms with Gasteiger partial charge in [-0.2, -0.15) is 4.31 Å². The summed E-state index contributed by atoms with van der Waals surface area (Å²) in [5.41, 5.74) is 0.194. The molecule has 2 aromatic carbocycles. The van der Waals surface area contributed by atoms with E-state index < -0.39 is 39.5 Å². The highest BCUT2D eigenvalue weighted by molar-refractivity contribution is 7.89. The number of hydrogen-bond donors (Lipinski definition) is 4. The van der Waals surface area contributed by atoms with Gasteiger partial charge in [0.2, 0.25) is 21.8 Å². The van der Waals surface area contributed by atoms with Gasteiger partial charge in [0.1, 0.15) is 11.8 Å². The minimum atomic E-state index is -3.99. The Hall–Kier alpha value is -3.03. The highest BCUT2D eigenvalue weighted by Crippen LogP contribution is 2.23. The Kier molecular flexibility index (Phi) is 14.7. The van der Waals surface area contributed by atoms with Crippen LogP contribution in [-0.2, 0) is 30.8 Å². The summed E-state index contributed by atoms with van der Waals surface area (Å²) in [5.74, 6) is -0.340. The zero-order chi connectivity index (χ0) is 32.9. The third-order valence-electron chi connectivity index (χ3n) is 6.95. The number of aliphatic hydroxyl groups excluding tert-OH is 1. The van der Waals surface area contributed by atoms with Crippen molar-refractivity contribution in [1.29, 1.82) is 0 Å². The molecule has 0 aromatic heterocycles. The number of ether oxygens (including phenoxy) is 2. The molecule has 0 heterocycles. The average molecular weight is 635 g/mol. The second kappa shape index (κ2) is 17.5. The van der Waals surface area contributed by atoms with E-state index >= 15 is 0 Å². The van der Waals surface area contributed by atoms with E-state index in [9.17, 15) is 23.1 Å². The molecule has 0 unspecified atom stereocenters. The van der Waals surface area contributed by atoms with Gasteiger partial charge in [-0.3, -0.25) is 9.59 Å². The Labute approximate surface area is 262 Å². The lowest BCUT2D eigenvalue weighted by Gasteiger charge is -2.34. The standard InChI is InChI=1S/C32H50N4O7S/c1-23(2)21-36(44(40,41)26-15-13-25(43-7)14-16-26)22-28(37)27(19-24-11-9-8-10-12-24)34-31(39)30(32(3,4)5)35-29(38)20-33-17-18-42-6/h8-16,23,27-28,30,33,37H,17-22H2,1-7H3,(H,34,39)(H,35,38)/t27-,28+,30+/m0/s1. The van der Waals surface area contributed by atoms with E-state index in [2.05, 4.69) is 16.0 Å². The fourth-order valence-corrected chi connectivity index (χ4v) is 6.21. The molecule has 0 aliphatic carbocycles. The molecule has 12 heteroatoms. The van der Waals surface area contributed by atoms with Crippen molar-refractivity contribution >= 4 is 21.8 Å². The quantitative estimate of drug-likeness (QED) is 0.183. The van der Waals surface area contributed by atoms with E-state index in [1.54, 1.807) is 19.2 Å². The number of nitrogens with one attached hydrogen (secondary N) is 3. The molecule has 0 saturated carbocycles. The monoisotopic (exact) mass is 634 g/mol. The Morgan fingerprint density at radius 1 is 0.955 bits per heavy atom. The van der Waals surface area contributed by atoms with Crippen molar-refractivity contribution in [2.24, 2.45) is 11.3 Å². The van der Waals surface area contributed by atoms with Crippen LogP contribution < -0.4 is 20.7 Å². The van der Waals surface area contributed by atoms with Gasteiger partial charge in [0.15, 0.2) is 0 Å². The Balaban J connectivity index is 2.34. The topological polar surface area (TPSA) is 146 Å². The van der Waals surface area contributed by atoms with Crippen LogP contribution >= 0.6 is 0 Å². The third-order valence-corrected chi connectivity index (χ3v) is 8.80. The summed E-state index contributed by atoms with van der Waals surface area (Å²) in [6.07, 6.45) is -1.02. The normalized spacial score (nSPS) is 14.2. The molecule has 44 heavy (non-hydrogen) atoms. The smallest absolute Gasteiger partial charge is 0.243 e. The Morgan fingerprint density at radius 2 is 1.59 bits per heavy atom. The van der Waals surface area contributed by atoms with E-state index in [4.69, 9.17) is 9.47 Å². The minimum absolute atomic E-state index is 0.00662. The molecule has 0 aliphatic rings. The largest absolute Gasteiger partial charge is 0.497 e. The van der Waals surface area contributed by atoms with Gasteiger partial charge in [-0.25, -0.2) is 8.42 Å². The lowest BCUT2D eigenvalue weighted by molar-refractivity contribution is -0.132. The number of carbonyl (C=O) groups is 2. The molecule has 0 spiro atoms.